The lowest BCUT2D eigenvalue weighted by Crippen LogP contribution is -2.47. The Morgan fingerprint density at radius 3 is 2.71 bits per heavy atom. The first-order valence-corrected chi connectivity index (χ1v) is 11.8. The summed E-state index contributed by atoms with van der Waals surface area (Å²) in [6.07, 6.45) is 5.17. The summed E-state index contributed by atoms with van der Waals surface area (Å²) in [7, 11) is -3.52. The van der Waals surface area contributed by atoms with Crippen molar-refractivity contribution in [2.45, 2.75) is 24.5 Å². The molecule has 2 aliphatic rings. The molecule has 3 heterocycles. The number of hydrogen-bond acceptors (Lipinski definition) is 6. The molecule has 1 atom stereocenters. The molecule has 0 spiro atoms. The van der Waals surface area contributed by atoms with Gasteiger partial charge in [-0.05, 0) is 43.0 Å². The molecule has 0 radical (unpaired) electrons. The second-order valence-corrected chi connectivity index (χ2v) is 10.1. The third-order valence-corrected chi connectivity index (χ3v) is 8.48. The summed E-state index contributed by atoms with van der Waals surface area (Å²) < 4.78 is 28.6. The first-order chi connectivity index (χ1) is 15.0. The predicted octanol–water partition coefficient (Wildman–Crippen LogP) is 3.50. The van der Waals surface area contributed by atoms with Gasteiger partial charge in [0.2, 0.25) is 10.0 Å². The van der Waals surface area contributed by atoms with Crippen LogP contribution in [0.3, 0.4) is 0 Å². The van der Waals surface area contributed by atoms with Crippen molar-refractivity contribution in [1.82, 2.24) is 4.98 Å². The highest BCUT2D eigenvalue weighted by Crippen LogP contribution is 2.37. The summed E-state index contributed by atoms with van der Waals surface area (Å²) in [5.41, 5.74) is 2.66. The molecule has 31 heavy (non-hydrogen) atoms. The van der Waals surface area contributed by atoms with E-state index in [0.29, 0.717) is 36.8 Å². The minimum atomic E-state index is -3.52. The van der Waals surface area contributed by atoms with Crippen LogP contribution in [0.5, 0.6) is 0 Å². The molecular weight excluding hydrogens is 416 g/mol. The van der Waals surface area contributed by atoms with Gasteiger partial charge >= 0.3 is 0 Å². The van der Waals surface area contributed by atoms with E-state index in [1.54, 1.807) is 22.6 Å². The van der Waals surface area contributed by atoms with Crippen LogP contribution in [0.4, 0.5) is 17.1 Å². The van der Waals surface area contributed by atoms with Crippen LogP contribution >= 0.6 is 0 Å². The number of aromatic nitrogens is 1. The van der Waals surface area contributed by atoms with Crippen molar-refractivity contribution in [2.24, 2.45) is 0 Å². The zero-order valence-electron chi connectivity index (χ0n) is 16.8. The molecule has 0 N–H and O–H groups in total. The first-order valence-electron chi connectivity index (χ1n) is 10.3. The number of pyridine rings is 1. The molecule has 1 aromatic heterocycles. The molecule has 0 bridgehead atoms. The van der Waals surface area contributed by atoms with Crippen LogP contribution in [0.1, 0.15) is 18.4 Å². The fourth-order valence-corrected chi connectivity index (χ4v) is 6.74. The molecule has 3 aromatic rings. The van der Waals surface area contributed by atoms with Gasteiger partial charge in [-0.2, -0.15) is 0 Å². The summed E-state index contributed by atoms with van der Waals surface area (Å²) in [4.78, 5) is 17.1. The van der Waals surface area contributed by atoms with Crippen molar-refractivity contribution in [3.8, 4) is 0 Å². The van der Waals surface area contributed by atoms with E-state index >= 15 is 0 Å². The molecule has 1 fully saturated rings. The van der Waals surface area contributed by atoms with Gasteiger partial charge in [0.15, 0.2) is 0 Å². The molecule has 0 aliphatic carbocycles. The Morgan fingerprint density at radius 1 is 1.03 bits per heavy atom. The number of nitro benzene ring substituents is 1. The highest BCUT2D eigenvalue weighted by Gasteiger charge is 2.38. The summed E-state index contributed by atoms with van der Waals surface area (Å²) in [6.45, 7) is 1.54. The number of nitro groups is 1. The van der Waals surface area contributed by atoms with E-state index in [1.807, 2.05) is 29.2 Å². The maximum Gasteiger partial charge on any atom is 0.278 e. The molecule has 160 valence electrons. The molecule has 1 saturated heterocycles. The number of benzene rings is 2. The smallest absolute Gasteiger partial charge is 0.278 e. The number of hydrogen-bond donors (Lipinski definition) is 0. The zero-order valence-corrected chi connectivity index (χ0v) is 17.7. The summed E-state index contributed by atoms with van der Waals surface area (Å²) in [6, 6.07) is 12.6. The third kappa shape index (κ3) is 3.29. The van der Waals surface area contributed by atoms with E-state index in [2.05, 4.69) is 4.98 Å². The highest BCUT2D eigenvalue weighted by atomic mass is 32.2. The standard InChI is InChI=1S/C22H22N4O4S/c27-26(28)22-8-7-21(18-9-11-23-14-19(18)22)24-12-3-5-17(15-24)31(29,30)25-13-10-16-4-1-2-6-20(16)25/h1-2,4,6-9,11,14,17H,3,5,10,12-13,15H2. The molecule has 2 aromatic carbocycles. The van der Waals surface area contributed by atoms with Gasteiger partial charge in [-0.25, -0.2) is 8.42 Å². The summed E-state index contributed by atoms with van der Waals surface area (Å²) in [5.74, 6) is 0. The number of anilines is 2. The number of nitrogens with zero attached hydrogens (tertiary/aromatic N) is 4. The third-order valence-electron chi connectivity index (χ3n) is 6.26. The van der Waals surface area contributed by atoms with E-state index in [4.69, 9.17) is 0 Å². The van der Waals surface area contributed by atoms with Crippen molar-refractivity contribution in [2.75, 3.05) is 28.8 Å². The number of non-ortho nitro benzene ring substituents is 1. The number of piperidine rings is 1. The minimum Gasteiger partial charge on any atom is -0.370 e. The van der Waals surface area contributed by atoms with Crippen molar-refractivity contribution in [1.29, 1.82) is 0 Å². The van der Waals surface area contributed by atoms with Crippen LogP contribution in [-0.4, -0.2) is 43.2 Å². The van der Waals surface area contributed by atoms with Gasteiger partial charge in [-0.1, -0.05) is 18.2 Å². The zero-order chi connectivity index (χ0) is 21.6. The molecular formula is C22H22N4O4S. The monoisotopic (exact) mass is 438 g/mol. The van der Waals surface area contributed by atoms with Gasteiger partial charge in [0, 0.05) is 49.2 Å². The van der Waals surface area contributed by atoms with Crippen molar-refractivity contribution < 1.29 is 13.3 Å². The Balaban J connectivity index is 1.48. The maximum atomic E-state index is 13.5. The van der Waals surface area contributed by atoms with Crippen LogP contribution in [0.2, 0.25) is 0 Å². The van der Waals surface area contributed by atoms with Crippen LogP contribution < -0.4 is 9.21 Å². The lowest BCUT2D eigenvalue weighted by Gasteiger charge is -2.36. The van der Waals surface area contributed by atoms with Crippen molar-refractivity contribution >= 4 is 37.9 Å². The van der Waals surface area contributed by atoms with Gasteiger partial charge in [-0.15, -0.1) is 0 Å². The Kier molecular flexibility index (Phi) is 4.77. The number of rotatable bonds is 4. The lowest BCUT2D eigenvalue weighted by molar-refractivity contribution is -0.383. The largest absolute Gasteiger partial charge is 0.370 e. The summed E-state index contributed by atoms with van der Waals surface area (Å²) >= 11 is 0. The molecule has 8 nitrogen and oxygen atoms in total. The fraction of sp³-hybridized carbons (Fsp3) is 0.318. The quantitative estimate of drug-likeness (QED) is 0.457. The average molecular weight is 439 g/mol. The lowest BCUT2D eigenvalue weighted by atomic mass is 10.1. The van der Waals surface area contributed by atoms with E-state index in [1.165, 1.54) is 12.3 Å². The van der Waals surface area contributed by atoms with E-state index in [-0.39, 0.29) is 5.69 Å². The predicted molar refractivity (Wildman–Crippen MR) is 120 cm³/mol. The van der Waals surface area contributed by atoms with Gasteiger partial charge in [0.1, 0.15) is 0 Å². The first kappa shape index (κ1) is 19.7. The Morgan fingerprint density at radius 2 is 1.87 bits per heavy atom. The highest BCUT2D eigenvalue weighted by molar-refractivity contribution is 7.93. The molecule has 5 rings (SSSR count). The number of sulfonamides is 1. The Bertz CT molecular complexity index is 1280. The van der Waals surface area contributed by atoms with E-state index in [0.717, 1.165) is 29.8 Å². The normalized spacial score (nSPS) is 18.9. The molecule has 1 unspecified atom stereocenters. The molecule has 0 saturated carbocycles. The van der Waals surface area contributed by atoms with Crippen molar-refractivity contribution in [3.05, 3.63) is 70.5 Å². The average Bonchev–Trinajstić information content (AvgIpc) is 3.23. The van der Waals surface area contributed by atoms with E-state index in [9.17, 15) is 18.5 Å². The van der Waals surface area contributed by atoms with Crippen LogP contribution in [0, 0.1) is 10.1 Å². The Labute approximate surface area is 180 Å². The molecule has 2 aliphatic heterocycles. The molecule has 0 amide bonds. The fourth-order valence-electron chi connectivity index (χ4n) is 4.75. The van der Waals surface area contributed by atoms with Crippen molar-refractivity contribution in [3.63, 3.8) is 0 Å². The van der Waals surface area contributed by atoms with Gasteiger partial charge in [-0.3, -0.25) is 19.4 Å². The minimum absolute atomic E-state index is 0.00158. The molecule has 9 heteroatoms. The SMILES string of the molecule is O=[N+]([O-])c1ccc(N2CCCC(S(=O)(=O)N3CCc4ccccc43)C2)c2ccncc12. The Hall–Kier alpha value is -3.20. The summed E-state index contributed by atoms with van der Waals surface area (Å²) in [5, 5.41) is 12.1. The van der Waals surface area contributed by atoms with E-state index < -0.39 is 20.2 Å². The second kappa shape index (κ2) is 7.49. The second-order valence-electron chi connectivity index (χ2n) is 7.99. The van der Waals surface area contributed by atoms with Gasteiger partial charge in [0.05, 0.1) is 21.2 Å². The topological polar surface area (TPSA) is 96.7 Å². The maximum absolute atomic E-state index is 13.5. The number of fused-ring (bicyclic) bond motifs is 2. The van der Waals surface area contributed by atoms with Crippen LogP contribution in [0.25, 0.3) is 10.8 Å². The van der Waals surface area contributed by atoms with Crippen LogP contribution in [0.15, 0.2) is 54.9 Å². The van der Waals surface area contributed by atoms with Gasteiger partial charge in [0.25, 0.3) is 5.69 Å². The van der Waals surface area contributed by atoms with Crippen LogP contribution in [-0.2, 0) is 16.4 Å². The number of para-hydroxylation sites is 1. The van der Waals surface area contributed by atoms with Gasteiger partial charge < -0.3 is 4.90 Å².